The fraction of sp³-hybridized carbons (Fsp3) is 0.554. The number of phenols is 1. The first-order chi connectivity index (χ1) is 46.0. The van der Waals surface area contributed by atoms with Crippen molar-refractivity contribution in [2.24, 2.45) is 17.4 Å². The molecular weight excluding hydrogens is 1270 g/mol. The summed E-state index contributed by atoms with van der Waals surface area (Å²) in [6.07, 6.45) is -4.79. The number of unbranched alkanes of at least 4 members (excludes halogenated alkanes) is 2. The molecule has 0 aliphatic carbocycles. The quantitative estimate of drug-likeness (QED) is 0.0342. The van der Waals surface area contributed by atoms with Crippen LogP contribution in [0, 0.1) is 5.92 Å². The number of phenolic OH excluding ortho intramolecular Hbond substituents is 1. The molecule has 4 aliphatic heterocycles. The highest BCUT2D eigenvalue weighted by Gasteiger charge is 2.50. The summed E-state index contributed by atoms with van der Waals surface area (Å²) in [6.45, 7) is 4.40. The van der Waals surface area contributed by atoms with E-state index in [1.165, 1.54) is 48.6 Å². The van der Waals surface area contributed by atoms with E-state index in [1.807, 2.05) is 12.1 Å². The molecule has 4 fully saturated rings. The number of anilines is 1. The molecule has 4 saturated heterocycles. The van der Waals surface area contributed by atoms with Gasteiger partial charge in [-0.15, -0.1) is 0 Å². The first kappa shape index (κ1) is 72.3. The Labute approximate surface area is 558 Å². The molecule has 0 radical (unpaired) electrons. The summed E-state index contributed by atoms with van der Waals surface area (Å²) >= 11 is 1.40. The number of nitrogens with zero attached hydrogens (tertiary/aromatic N) is 6. The van der Waals surface area contributed by atoms with Gasteiger partial charge in [0.1, 0.15) is 47.9 Å². The van der Waals surface area contributed by atoms with Gasteiger partial charge in [-0.05, 0) is 106 Å². The molecular formula is C65H89N13O17S. The standard InChI is InChI=1S/C65H89N13O17S/c1-35-32-77-55(56(35)85)61(90)68-31-42(80)29-45(69-57(86)39-10-8-38(9-11-39)46-34-78-65(70-46)96-62(74-78)40-12-14-41(15-13-40)75-22-18-44(19-23-75)94-25-6-4-5-24-93-3)58(87)71-52(36(2)79)63(91)76-33-43(81)30-47(76)59(88)72-53(60(89)73-54(64(77)92)49(83)17-20-66)50(84)27-37-7-16-48(82)51(28-37)95-26-21-67/h7-16,28,34-36,42-45,47,49-50,52-56,79-85H,4-6,17-27,29-33,66-67H2,1-3H3,(H,68,90)(H,69,86)(H,71,87)(H,72,88)(H,73,89)/t35-,36+,42+,43+,45-,47-,49+,50+,52-,53-,54-,55-,56-/m0/s1. The fourth-order valence-corrected chi connectivity index (χ4v) is 13.3. The van der Waals surface area contributed by atoms with Gasteiger partial charge >= 0.3 is 0 Å². The number of nitrogens with two attached hydrogens (primary N) is 2. The third kappa shape index (κ3) is 17.8. The van der Waals surface area contributed by atoms with Crippen LogP contribution in [0.3, 0.4) is 0 Å². The number of aliphatic hydroxyl groups is 6. The third-order valence-electron chi connectivity index (χ3n) is 17.8. The van der Waals surface area contributed by atoms with E-state index in [1.54, 1.807) is 30.0 Å². The number of aliphatic hydroxyl groups excluding tert-OH is 6. The van der Waals surface area contributed by atoms with Crippen LogP contribution in [-0.2, 0) is 44.7 Å². The summed E-state index contributed by atoms with van der Waals surface area (Å²) in [4.78, 5) is 111. The van der Waals surface area contributed by atoms with Crippen molar-refractivity contribution in [3.05, 3.63) is 84.1 Å². The van der Waals surface area contributed by atoms with Crippen molar-refractivity contribution in [3.8, 4) is 33.3 Å². The minimum Gasteiger partial charge on any atom is -0.504 e. The van der Waals surface area contributed by atoms with Gasteiger partial charge < -0.3 is 103 Å². The largest absolute Gasteiger partial charge is 0.504 e. The van der Waals surface area contributed by atoms with Gasteiger partial charge in [0.25, 0.3) is 5.91 Å². The SMILES string of the molecule is COCCCCCOC1CCN(c2ccc(-c3nn4cc(-c5ccc(C(=O)N[C@H]6C[C@@H](O)CNC(=O)[C@@H]7[C@@H](O)[C@@H](C)CN7C(=O)[C@H]([C@H](O)CCN)NC(=O)[C@H]([C@H](O)Cc7ccc(O)c(OCCN)c7)NC(=O)[C@@H]7C[C@@H](O)CN7C(=O)[C@H]([C@@H](C)O)NC6=O)cc5)nc4s3)cc2)CC1. The van der Waals surface area contributed by atoms with E-state index >= 15 is 0 Å². The van der Waals surface area contributed by atoms with E-state index in [-0.39, 0.29) is 61.4 Å². The van der Waals surface area contributed by atoms with Crippen molar-refractivity contribution in [1.29, 1.82) is 0 Å². The van der Waals surface area contributed by atoms with Crippen molar-refractivity contribution in [2.75, 3.05) is 77.6 Å². The number of fused-ring (bicyclic) bond motifs is 3. The van der Waals surface area contributed by atoms with Crippen LogP contribution in [0.1, 0.15) is 81.1 Å². The van der Waals surface area contributed by atoms with Crippen LogP contribution in [0.15, 0.2) is 72.9 Å². The minimum absolute atomic E-state index is 0.00631. The number of aromatic hydroxyl groups is 1. The molecule has 2 aromatic heterocycles. The molecule has 0 spiro atoms. The Balaban J connectivity index is 0.930. The van der Waals surface area contributed by atoms with Crippen LogP contribution in [0.2, 0.25) is 0 Å². The van der Waals surface area contributed by atoms with E-state index in [4.69, 9.17) is 35.8 Å². The molecule has 31 heteroatoms. The fourth-order valence-electron chi connectivity index (χ4n) is 12.4. The summed E-state index contributed by atoms with van der Waals surface area (Å²) < 4.78 is 18.5. The Bertz CT molecular complexity index is 3450. The molecule has 4 aliphatic rings. The lowest BCUT2D eigenvalue weighted by atomic mass is 9.98. The smallest absolute Gasteiger partial charge is 0.251 e. The van der Waals surface area contributed by atoms with E-state index in [0.29, 0.717) is 16.2 Å². The van der Waals surface area contributed by atoms with Crippen LogP contribution in [0.5, 0.6) is 11.5 Å². The van der Waals surface area contributed by atoms with Crippen LogP contribution in [0.25, 0.3) is 26.8 Å². The number of benzene rings is 3. The molecule has 522 valence electrons. The predicted octanol–water partition coefficient (Wildman–Crippen LogP) is -1.73. The first-order valence-corrected chi connectivity index (χ1v) is 33.3. The van der Waals surface area contributed by atoms with Gasteiger partial charge in [-0.2, -0.15) is 5.10 Å². The van der Waals surface area contributed by atoms with Gasteiger partial charge in [0, 0.05) is 107 Å². The second-order valence-electron chi connectivity index (χ2n) is 25.0. The lowest BCUT2D eigenvalue weighted by Gasteiger charge is -2.34. The second kappa shape index (κ2) is 33.3. The molecule has 16 N–H and O–H groups in total. The number of carbonyl (C=O) groups excluding carboxylic acids is 7. The molecule has 3 aromatic carbocycles. The number of piperidine rings is 1. The maximum absolute atomic E-state index is 14.7. The Morgan fingerprint density at radius 1 is 0.760 bits per heavy atom. The topological polar surface area (TPSA) is 441 Å². The predicted molar refractivity (Wildman–Crippen MR) is 350 cm³/mol. The van der Waals surface area contributed by atoms with Crippen LogP contribution in [-0.4, -0.2) is 253 Å². The number of imidazole rings is 1. The van der Waals surface area contributed by atoms with Gasteiger partial charge in [0.15, 0.2) is 11.5 Å². The molecule has 96 heavy (non-hydrogen) atoms. The number of carbonyl (C=O) groups is 7. The highest BCUT2D eigenvalue weighted by atomic mass is 32.1. The highest BCUT2D eigenvalue weighted by Crippen LogP contribution is 2.33. The number of aromatic nitrogens is 3. The number of amides is 7. The van der Waals surface area contributed by atoms with Crippen molar-refractivity contribution < 1.29 is 83.5 Å². The Morgan fingerprint density at radius 3 is 2.14 bits per heavy atom. The zero-order valence-electron chi connectivity index (χ0n) is 53.9. The normalized spacial score (nSPS) is 25.5. The Morgan fingerprint density at radius 2 is 1.45 bits per heavy atom. The van der Waals surface area contributed by atoms with Crippen molar-refractivity contribution in [3.63, 3.8) is 0 Å². The van der Waals surface area contributed by atoms with Crippen molar-refractivity contribution in [1.82, 2.24) is 51.0 Å². The summed E-state index contributed by atoms with van der Waals surface area (Å²) in [6, 6.07) is 7.52. The van der Waals surface area contributed by atoms with E-state index in [0.717, 1.165) is 91.4 Å². The van der Waals surface area contributed by atoms with Gasteiger partial charge in [-0.3, -0.25) is 33.6 Å². The number of β-amino-alcohol motifs (C(OH)–C–C–N with tert-alkyl or cyclic N) is 1. The highest BCUT2D eigenvalue weighted by molar-refractivity contribution is 7.19. The summed E-state index contributed by atoms with van der Waals surface area (Å²) in [7, 11) is 1.72. The van der Waals surface area contributed by atoms with Gasteiger partial charge in [-0.25, -0.2) is 9.50 Å². The van der Waals surface area contributed by atoms with Gasteiger partial charge in [0.05, 0.1) is 54.6 Å². The number of hydrogen-bond acceptors (Lipinski definition) is 23. The van der Waals surface area contributed by atoms with Crippen LogP contribution >= 0.6 is 11.3 Å². The molecule has 0 saturated carbocycles. The number of methoxy groups -OCH3 is 1. The summed E-state index contributed by atoms with van der Waals surface area (Å²) in [5.74, 6) is -8.66. The number of rotatable bonds is 22. The summed E-state index contributed by atoms with van der Waals surface area (Å²) in [5, 5.41) is 97.1. The second-order valence-corrected chi connectivity index (χ2v) is 26.0. The number of ether oxygens (including phenoxy) is 3. The Hall–Kier alpha value is -7.95. The molecule has 7 amide bonds. The molecule has 13 atom stereocenters. The van der Waals surface area contributed by atoms with Crippen molar-refractivity contribution >= 4 is 63.3 Å². The van der Waals surface area contributed by atoms with E-state index in [9.17, 15) is 69.3 Å². The first-order valence-electron chi connectivity index (χ1n) is 32.5. The van der Waals surface area contributed by atoms with E-state index in [2.05, 4.69) is 43.6 Å². The van der Waals surface area contributed by atoms with Gasteiger partial charge in [0.2, 0.25) is 40.4 Å². The molecule has 30 nitrogen and oxygen atoms in total. The zero-order valence-corrected chi connectivity index (χ0v) is 54.7. The van der Waals surface area contributed by atoms with E-state index < -0.39 is 152 Å². The maximum atomic E-state index is 14.7. The monoisotopic (exact) mass is 1360 g/mol. The number of nitrogens with one attached hydrogen (secondary N) is 5. The maximum Gasteiger partial charge on any atom is 0.251 e. The average molecular weight is 1360 g/mol. The van der Waals surface area contributed by atoms with Crippen molar-refractivity contribution in [2.45, 2.75) is 151 Å². The number of hydrogen-bond donors (Lipinski definition) is 14. The Kier molecular flexibility index (Phi) is 25.1. The van der Waals surface area contributed by atoms with Crippen LogP contribution < -0.4 is 47.7 Å². The zero-order chi connectivity index (χ0) is 68.9. The lowest BCUT2D eigenvalue weighted by molar-refractivity contribution is -0.147. The molecule has 0 bridgehead atoms. The third-order valence-corrected chi connectivity index (χ3v) is 18.8. The van der Waals surface area contributed by atoms with Gasteiger partial charge in [-0.1, -0.05) is 36.5 Å². The lowest BCUT2D eigenvalue weighted by Crippen LogP contribution is -2.64. The van der Waals surface area contributed by atoms with Crippen LogP contribution in [0.4, 0.5) is 5.69 Å². The molecule has 6 heterocycles. The summed E-state index contributed by atoms with van der Waals surface area (Å²) in [5.41, 5.74) is 14.9. The minimum atomic E-state index is -2.04. The average Bonchev–Trinajstić information content (AvgIpc) is 1.63. The molecule has 5 aromatic rings. The molecule has 0 unspecified atom stereocenters. The molecule has 9 rings (SSSR count).